The van der Waals surface area contributed by atoms with Crippen molar-refractivity contribution in [2.75, 3.05) is 20.3 Å². The van der Waals surface area contributed by atoms with Crippen molar-refractivity contribution in [1.82, 2.24) is 10.6 Å². The summed E-state index contributed by atoms with van der Waals surface area (Å²) in [6.07, 6.45) is 0. The molecule has 0 aliphatic carbocycles. The van der Waals surface area contributed by atoms with Gasteiger partial charge in [0.05, 0.1) is 12.2 Å². The van der Waals surface area contributed by atoms with Crippen molar-refractivity contribution in [2.45, 2.75) is 19.9 Å². The van der Waals surface area contributed by atoms with Gasteiger partial charge in [-0.3, -0.25) is 9.59 Å². The van der Waals surface area contributed by atoms with E-state index in [1.54, 1.807) is 20.1 Å². The second-order valence-electron chi connectivity index (χ2n) is 4.46. The second-order valence-corrected chi connectivity index (χ2v) is 5.32. The number of halogens is 1. The minimum atomic E-state index is -0.604. The molecule has 20 heavy (non-hydrogen) atoms. The molecule has 0 fully saturated rings. The minimum absolute atomic E-state index is 0.237. The van der Waals surface area contributed by atoms with Crippen molar-refractivity contribution in [3.63, 3.8) is 0 Å². The van der Waals surface area contributed by atoms with Crippen LogP contribution in [0.5, 0.6) is 0 Å². The molecule has 1 rings (SSSR count). The fraction of sp³-hybridized carbons (Fsp3) is 0.429. The van der Waals surface area contributed by atoms with Crippen LogP contribution in [0.2, 0.25) is 0 Å². The van der Waals surface area contributed by atoms with Crippen LogP contribution in [0.4, 0.5) is 0 Å². The summed E-state index contributed by atoms with van der Waals surface area (Å²) in [4.78, 5) is 23.8. The van der Waals surface area contributed by atoms with Gasteiger partial charge >= 0.3 is 0 Å². The van der Waals surface area contributed by atoms with E-state index in [4.69, 9.17) is 4.74 Å². The van der Waals surface area contributed by atoms with E-state index in [9.17, 15) is 9.59 Å². The summed E-state index contributed by atoms with van der Waals surface area (Å²) in [5.74, 6) is -0.523. The predicted molar refractivity (Wildman–Crippen MR) is 80.7 cm³/mol. The van der Waals surface area contributed by atoms with Gasteiger partial charge in [0.15, 0.2) is 0 Å². The number of hydrogen-bond donors (Lipinski definition) is 2. The molecule has 1 unspecified atom stereocenters. The third kappa shape index (κ3) is 4.94. The van der Waals surface area contributed by atoms with Crippen LogP contribution in [0, 0.1) is 6.92 Å². The molecular formula is C14H19BrN2O3. The van der Waals surface area contributed by atoms with Gasteiger partial charge in [-0.25, -0.2) is 0 Å². The highest BCUT2D eigenvalue weighted by atomic mass is 79.9. The van der Waals surface area contributed by atoms with Gasteiger partial charge in [0.2, 0.25) is 5.91 Å². The number of hydrogen-bond acceptors (Lipinski definition) is 3. The van der Waals surface area contributed by atoms with Crippen LogP contribution in [0.1, 0.15) is 22.8 Å². The monoisotopic (exact) mass is 342 g/mol. The Labute approximate surface area is 127 Å². The highest BCUT2D eigenvalue weighted by Gasteiger charge is 2.17. The lowest BCUT2D eigenvalue weighted by atomic mass is 10.1. The first-order chi connectivity index (χ1) is 9.45. The predicted octanol–water partition coefficient (Wildman–Crippen LogP) is 1.64. The summed E-state index contributed by atoms with van der Waals surface area (Å²) in [5, 5.41) is 5.33. The average molecular weight is 343 g/mol. The number of rotatable bonds is 6. The molecule has 0 radical (unpaired) electrons. The van der Waals surface area contributed by atoms with E-state index in [1.807, 2.05) is 19.1 Å². The highest BCUT2D eigenvalue weighted by Crippen LogP contribution is 2.18. The number of methoxy groups -OCH3 is 1. The van der Waals surface area contributed by atoms with E-state index in [-0.39, 0.29) is 11.8 Å². The molecule has 0 saturated carbocycles. The van der Waals surface area contributed by atoms with E-state index in [0.717, 1.165) is 5.56 Å². The van der Waals surface area contributed by atoms with Crippen molar-refractivity contribution < 1.29 is 14.3 Å². The van der Waals surface area contributed by atoms with E-state index < -0.39 is 6.04 Å². The summed E-state index contributed by atoms with van der Waals surface area (Å²) in [5.41, 5.74) is 1.56. The van der Waals surface area contributed by atoms with E-state index in [1.165, 1.54) is 0 Å². The summed E-state index contributed by atoms with van der Waals surface area (Å²) >= 11 is 3.35. The number of aryl methyl sites for hydroxylation is 1. The van der Waals surface area contributed by atoms with Crippen LogP contribution < -0.4 is 10.6 Å². The van der Waals surface area contributed by atoms with Crippen LogP contribution in [-0.4, -0.2) is 38.1 Å². The van der Waals surface area contributed by atoms with Crippen LogP contribution in [0.3, 0.4) is 0 Å². The highest BCUT2D eigenvalue weighted by molar-refractivity contribution is 9.10. The van der Waals surface area contributed by atoms with Gasteiger partial charge in [0.1, 0.15) is 6.04 Å². The summed E-state index contributed by atoms with van der Waals surface area (Å²) in [6, 6.07) is 4.83. The molecular weight excluding hydrogens is 324 g/mol. The Morgan fingerprint density at radius 3 is 2.70 bits per heavy atom. The van der Waals surface area contributed by atoms with Gasteiger partial charge in [0.25, 0.3) is 5.91 Å². The summed E-state index contributed by atoms with van der Waals surface area (Å²) in [6.45, 7) is 4.44. The topological polar surface area (TPSA) is 67.4 Å². The zero-order chi connectivity index (χ0) is 15.1. The second kappa shape index (κ2) is 8.01. The van der Waals surface area contributed by atoms with Crippen molar-refractivity contribution in [1.29, 1.82) is 0 Å². The Morgan fingerprint density at radius 1 is 1.40 bits per heavy atom. The number of benzene rings is 1. The molecule has 0 aliphatic rings. The standard InChI is InChI=1S/C14H19BrN2O3/c1-9-4-5-11(12(15)8-9)14(19)17-10(2)13(18)16-6-7-20-3/h4-5,8,10H,6-7H2,1-3H3,(H,16,18)(H,17,19). The number of amides is 2. The molecule has 1 aromatic carbocycles. The lowest BCUT2D eigenvalue weighted by molar-refractivity contribution is -0.122. The maximum absolute atomic E-state index is 12.1. The van der Waals surface area contributed by atoms with Gasteiger partial charge < -0.3 is 15.4 Å². The molecule has 1 atom stereocenters. The maximum Gasteiger partial charge on any atom is 0.253 e. The molecule has 0 heterocycles. The SMILES string of the molecule is COCCNC(=O)C(C)NC(=O)c1ccc(C)cc1Br. The molecule has 0 aliphatic heterocycles. The number of nitrogens with one attached hydrogen (secondary N) is 2. The summed E-state index contributed by atoms with van der Waals surface area (Å²) < 4.78 is 5.55. The van der Waals surface area contributed by atoms with E-state index >= 15 is 0 Å². The molecule has 0 saturated heterocycles. The van der Waals surface area contributed by atoms with Gasteiger partial charge in [0, 0.05) is 18.1 Å². The van der Waals surface area contributed by atoms with Crippen molar-refractivity contribution in [2.24, 2.45) is 0 Å². The average Bonchev–Trinajstić information content (AvgIpc) is 2.38. The Kier molecular flexibility index (Phi) is 6.67. The Bertz CT molecular complexity index is 491. The molecule has 2 N–H and O–H groups in total. The first-order valence-electron chi connectivity index (χ1n) is 6.29. The molecule has 110 valence electrons. The van der Waals surface area contributed by atoms with Crippen molar-refractivity contribution >= 4 is 27.7 Å². The third-order valence-electron chi connectivity index (χ3n) is 2.72. The third-order valence-corrected chi connectivity index (χ3v) is 3.37. The zero-order valence-electron chi connectivity index (χ0n) is 11.8. The molecule has 0 bridgehead atoms. The van der Waals surface area contributed by atoms with E-state index in [0.29, 0.717) is 23.2 Å². The first-order valence-corrected chi connectivity index (χ1v) is 7.08. The zero-order valence-corrected chi connectivity index (χ0v) is 13.4. The number of ether oxygens (including phenoxy) is 1. The largest absolute Gasteiger partial charge is 0.383 e. The maximum atomic E-state index is 12.1. The smallest absolute Gasteiger partial charge is 0.253 e. The normalized spacial score (nSPS) is 11.8. The fourth-order valence-electron chi connectivity index (χ4n) is 1.57. The molecule has 1 aromatic rings. The molecule has 5 nitrogen and oxygen atoms in total. The van der Waals surface area contributed by atoms with Gasteiger partial charge in [-0.15, -0.1) is 0 Å². The van der Waals surface area contributed by atoms with Crippen LogP contribution in [0.25, 0.3) is 0 Å². The Balaban J connectivity index is 2.58. The molecule has 2 amide bonds. The van der Waals surface area contributed by atoms with Crippen molar-refractivity contribution in [3.05, 3.63) is 33.8 Å². The van der Waals surface area contributed by atoms with Crippen LogP contribution >= 0.6 is 15.9 Å². The van der Waals surface area contributed by atoms with E-state index in [2.05, 4.69) is 26.6 Å². The lowest BCUT2D eigenvalue weighted by Crippen LogP contribution is -2.45. The fourth-order valence-corrected chi connectivity index (χ4v) is 2.25. The molecule has 0 spiro atoms. The number of carbonyl (C=O) groups excluding carboxylic acids is 2. The van der Waals surface area contributed by atoms with Crippen LogP contribution in [0.15, 0.2) is 22.7 Å². The minimum Gasteiger partial charge on any atom is -0.383 e. The number of carbonyl (C=O) groups is 2. The van der Waals surface area contributed by atoms with Gasteiger partial charge in [-0.1, -0.05) is 6.07 Å². The van der Waals surface area contributed by atoms with Crippen molar-refractivity contribution in [3.8, 4) is 0 Å². The summed E-state index contributed by atoms with van der Waals surface area (Å²) in [7, 11) is 1.56. The van der Waals surface area contributed by atoms with Crippen LogP contribution in [-0.2, 0) is 9.53 Å². The Hall–Kier alpha value is -1.40. The lowest BCUT2D eigenvalue weighted by Gasteiger charge is -2.14. The molecule has 6 heteroatoms. The first kappa shape index (κ1) is 16.7. The quantitative estimate of drug-likeness (QED) is 0.772. The molecule has 0 aromatic heterocycles. The Morgan fingerprint density at radius 2 is 2.10 bits per heavy atom. The van der Waals surface area contributed by atoms with Gasteiger partial charge in [-0.05, 0) is 47.5 Å². The van der Waals surface area contributed by atoms with Gasteiger partial charge in [-0.2, -0.15) is 0 Å².